The molecule has 2 aromatic carbocycles. The summed E-state index contributed by atoms with van der Waals surface area (Å²) in [5.74, 6) is 0. The van der Waals surface area contributed by atoms with Crippen LogP contribution >= 0.6 is 0 Å². The number of alkyl halides is 3. The zero-order valence-electron chi connectivity index (χ0n) is 15.5. The lowest BCUT2D eigenvalue weighted by Gasteiger charge is -2.33. The van der Waals surface area contributed by atoms with Gasteiger partial charge in [0.15, 0.2) is 0 Å². The van der Waals surface area contributed by atoms with Crippen molar-refractivity contribution in [3.63, 3.8) is 0 Å². The lowest BCUT2D eigenvalue weighted by molar-refractivity contribution is -0.137. The summed E-state index contributed by atoms with van der Waals surface area (Å²) in [6.45, 7) is 6.47. The van der Waals surface area contributed by atoms with Crippen molar-refractivity contribution in [3.05, 3.63) is 59.2 Å². The smallest absolute Gasteiger partial charge is 0.325 e. The highest BCUT2D eigenvalue weighted by molar-refractivity contribution is 5.75. The lowest BCUT2D eigenvalue weighted by Crippen LogP contribution is -2.45. The molecule has 2 aromatic rings. The summed E-state index contributed by atoms with van der Waals surface area (Å²) in [5.41, 5.74) is 3.19. The van der Waals surface area contributed by atoms with Crippen molar-refractivity contribution in [3.8, 4) is 11.1 Å². The fraction of sp³-hybridized carbons (Fsp3) is 0.381. The number of carbonyl (C=O) groups excluding carboxylic acids is 1. The minimum Gasteiger partial charge on any atom is -0.325 e. The molecule has 0 aromatic heterocycles. The van der Waals surface area contributed by atoms with Gasteiger partial charge in [-0.1, -0.05) is 24.3 Å². The van der Waals surface area contributed by atoms with Crippen LogP contribution in [0.3, 0.4) is 0 Å². The quantitative estimate of drug-likeness (QED) is 0.723. The molecule has 0 N–H and O–H groups in total. The van der Waals surface area contributed by atoms with Crippen molar-refractivity contribution in [2.45, 2.75) is 33.0 Å². The fourth-order valence-corrected chi connectivity index (χ4v) is 3.45. The van der Waals surface area contributed by atoms with Crippen LogP contribution in [0.4, 0.5) is 18.0 Å². The zero-order chi connectivity index (χ0) is 19.6. The van der Waals surface area contributed by atoms with E-state index in [4.69, 9.17) is 0 Å². The van der Waals surface area contributed by atoms with E-state index in [1.807, 2.05) is 36.9 Å². The Bertz CT molecular complexity index is 811. The number of nitrogens with zero attached hydrogens (tertiary/aromatic N) is 2. The van der Waals surface area contributed by atoms with E-state index in [1.165, 1.54) is 17.7 Å². The van der Waals surface area contributed by atoms with Crippen molar-refractivity contribution in [1.29, 1.82) is 0 Å². The molecule has 0 radical (unpaired) electrons. The molecule has 3 rings (SSSR count). The Balaban J connectivity index is 1.83. The first-order valence-corrected chi connectivity index (χ1v) is 9.16. The molecule has 1 aliphatic rings. The average molecular weight is 376 g/mol. The van der Waals surface area contributed by atoms with Gasteiger partial charge in [0.25, 0.3) is 0 Å². The maximum absolute atomic E-state index is 12.7. The molecular formula is C21H23F3N2O. The molecule has 0 bridgehead atoms. The summed E-state index contributed by atoms with van der Waals surface area (Å²) in [5, 5.41) is 0. The standard InChI is InChI=1S/C21H23F3N2O/c1-3-25(4-2)20(27)26-12-11-16-5-6-17(13-18(16)14-26)15-7-9-19(10-8-15)21(22,23)24/h5-10,13H,3-4,11-12,14H2,1-2H3. The van der Waals surface area contributed by atoms with E-state index in [1.54, 1.807) is 4.90 Å². The number of halogens is 3. The second-order valence-corrected chi connectivity index (χ2v) is 6.69. The number of amides is 2. The van der Waals surface area contributed by atoms with E-state index in [0.717, 1.165) is 35.2 Å². The van der Waals surface area contributed by atoms with Gasteiger partial charge in [0.2, 0.25) is 0 Å². The van der Waals surface area contributed by atoms with Crippen LogP contribution in [-0.4, -0.2) is 35.5 Å². The topological polar surface area (TPSA) is 23.6 Å². The van der Waals surface area contributed by atoms with Crippen LogP contribution in [0.15, 0.2) is 42.5 Å². The SMILES string of the molecule is CCN(CC)C(=O)N1CCc2ccc(-c3ccc(C(F)(F)F)cc3)cc2C1. The van der Waals surface area contributed by atoms with E-state index in [9.17, 15) is 18.0 Å². The highest BCUT2D eigenvalue weighted by Gasteiger charge is 2.30. The summed E-state index contributed by atoms with van der Waals surface area (Å²) < 4.78 is 38.2. The molecule has 0 unspecified atom stereocenters. The number of fused-ring (bicyclic) bond motifs is 1. The Hall–Kier alpha value is -2.50. The number of hydrogen-bond donors (Lipinski definition) is 0. The van der Waals surface area contributed by atoms with Crippen molar-refractivity contribution in [1.82, 2.24) is 9.80 Å². The molecule has 1 aliphatic heterocycles. The van der Waals surface area contributed by atoms with Crippen LogP contribution in [0.2, 0.25) is 0 Å². The molecule has 0 saturated carbocycles. The van der Waals surface area contributed by atoms with Gasteiger partial charge in [-0.25, -0.2) is 4.79 Å². The Kier molecular flexibility index (Phi) is 5.44. The van der Waals surface area contributed by atoms with Gasteiger partial charge >= 0.3 is 12.2 Å². The van der Waals surface area contributed by atoms with Gasteiger partial charge in [0.1, 0.15) is 0 Å². The van der Waals surface area contributed by atoms with Gasteiger partial charge in [-0.3, -0.25) is 0 Å². The third-order valence-electron chi connectivity index (χ3n) is 5.07. The number of carbonyl (C=O) groups is 1. The Morgan fingerprint density at radius 2 is 1.63 bits per heavy atom. The molecule has 3 nitrogen and oxygen atoms in total. The van der Waals surface area contributed by atoms with Gasteiger partial charge < -0.3 is 9.80 Å². The predicted octanol–water partition coefficient (Wildman–Crippen LogP) is 5.19. The van der Waals surface area contributed by atoms with Crippen LogP contribution in [0.25, 0.3) is 11.1 Å². The van der Waals surface area contributed by atoms with E-state index >= 15 is 0 Å². The van der Waals surface area contributed by atoms with Gasteiger partial charge in [-0.05, 0) is 60.7 Å². The van der Waals surface area contributed by atoms with Crippen molar-refractivity contribution < 1.29 is 18.0 Å². The maximum atomic E-state index is 12.7. The normalized spacial score (nSPS) is 14.0. The number of urea groups is 1. The van der Waals surface area contributed by atoms with E-state index in [0.29, 0.717) is 26.2 Å². The van der Waals surface area contributed by atoms with E-state index in [2.05, 4.69) is 0 Å². The molecule has 27 heavy (non-hydrogen) atoms. The van der Waals surface area contributed by atoms with Crippen molar-refractivity contribution >= 4 is 6.03 Å². The summed E-state index contributed by atoms with van der Waals surface area (Å²) >= 11 is 0. The monoisotopic (exact) mass is 376 g/mol. The van der Waals surface area contributed by atoms with Gasteiger partial charge in [0, 0.05) is 26.2 Å². The minimum atomic E-state index is -4.33. The Morgan fingerprint density at radius 1 is 1.00 bits per heavy atom. The molecule has 0 aliphatic carbocycles. The van der Waals surface area contributed by atoms with Crippen LogP contribution in [0.5, 0.6) is 0 Å². The highest BCUT2D eigenvalue weighted by atomic mass is 19.4. The minimum absolute atomic E-state index is 0.0329. The Labute approximate surface area is 157 Å². The molecule has 0 fully saturated rings. The molecule has 0 spiro atoms. The largest absolute Gasteiger partial charge is 0.416 e. The second kappa shape index (κ2) is 7.62. The summed E-state index contributed by atoms with van der Waals surface area (Å²) in [7, 11) is 0. The van der Waals surface area contributed by atoms with Crippen LogP contribution in [0, 0.1) is 0 Å². The number of rotatable bonds is 3. The van der Waals surface area contributed by atoms with Crippen molar-refractivity contribution in [2.24, 2.45) is 0 Å². The molecule has 1 heterocycles. The van der Waals surface area contributed by atoms with Crippen LogP contribution < -0.4 is 0 Å². The molecule has 0 saturated heterocycles. The van der Waals surface area contributed by atoms with Crippen LogP contribution in [0.1, 0.15) is 30.5 Å². The third kappa shape index (κ3) is 4.10. The molecule has 6 heteroatoms. The first-order chi connectivity index (χ1) is 12.8. The molecule has 2 amide bonds. The number of hydrogen-bond acceptors (Lipinski definition) is 1. The lowest BCUT2D eigenvalue weighted by atomic mass is 9.94. The summed E-state index contributed by atoms with van der Waals surface area (Å²) in [6, 6.07) is 11.2. The van der Waals surface area contributed by atoms with E-state index < -0.39 is 11.7 Å². The second-order valence-electron chi connectivity index (χ2n) is 6.69. The van der Waals surface area contributed by atoms with Gasteiger partial charge in [-0.15, -0.1) is 0 Å². The first kappa shape index (κ1) is 19.3. The summed E-state index contributed by atoms with van der Waals surface area (Å²) in [6.07, 6.45) is -3.55. The zero-order valence-corrected chi connectivity index (χ0v) is 15.5. The first-order valence-electron chi connectivity index (χ1n) is 9.16. The summed E-state index contributed by atoms with van der Waals surface area (Å²) in [4.78, 5) is 16.2. The number of benzene rings is 2. The average Bonchev–Trinajstić information content (AvgIpc) is 2.67. The molecule has 0 atom stereocenters. The van der Waals surface area contributed by atoms with Gasteiger partial charge in [0.05, 0.1) is 5.56 Å². The fourth-order valence-electron chi connectivity index (χ4n) is 3.45. The van der Waals surface area contributed by atoms with E-state index in [-0.39, 0.29) is 6.03 Å². The predicted molar refractivity (Wildman–Crippen MR) is 99.3 cm³/mol. The molecule has 144 valence electrons. The molecular weight excluding hydrogens is 353 g/mol. The Morgan fingerprint density at radius 3 is 2.22 bits per heavy atom. The van der Waals surface area contributed by atoms with Crippen molar-refractivity contribution in [2.75, 3.05) is 19.6 Å². The van der Waals surface area contributed by atoms with Gasteiger partial charge in [-0.2, -0.15) is 13.2 Å². The maximum Gasteiger partial charge on any atom is 0.416 e. The van der Waals surface area contributed by atoms with Crippen LogP contribution in [-0.2, 0) is 19.1 Å². The highest BCUT2D eigenvalue weighted by Crippen LogP contribution is 2.32. The third-order valence-corrected chi connectivity index (χ3v) is 5.07.